The molecule has 3 heteroatoms. The molecular formula is C23H43BrN2. The van der Waals surface area contributed by atoms with E-state index < -0.39 is 0 Å². The molecule has 0 radical (unpaired) electrons. The lowest BCUT2D eigenvalue weighted by Gasteiger charge is -2.41. The van der Waals surface area contributed by atoms with Crippen molar-refractivity contribution in [1.29, 1.82) is 0 Å². The molecule has 1 aliphatic heterocycles. The monoisotopic (exact) mass is 426 g/mol. The van der Waals surface area contributed by atoms with Crippen LogP contribution in [-0.2, 0) is 6.42 Å². The molecule has 0 bridgehead atoms. The van der Waals surface area contributed by atoms with Crippen LogP contribution < -0.4 is 11.1 Å². The molecule has 1 heterocycles. The lowest BCUT2D eigenvalue weighted by atomic mass is 9.69. The van der Waals surface area contributed by atoms with Crippen LogP contribution in [0.1, 0.15) is 87.1 Å². The summed E-state index contributed by atoms with van der Waals surface area (Å²) >= 11 is 3.54. The first-order chi connectivity index (χ1) is 12.1. The maximum absolute atomic E-state index is 6.20. The minimum Gasteiger partial charge on any atom is -0.397 e. The van der Waals surface area contributed by atoms with Crippen molar-refractivity contribution in [2.45, 2.75) is 94.0 Å². The fraction of sp³-hybridized carbons (Fsp3) is 0.739. The summed E-state index contributed by atoms with van der Waals surface area (Å²) in [6, 6.07) is 4.70. The van der Waals surface area contributed by atoms with Gasteiger partial charge in [0.2, 0.25) is 0 Å². The Hall–Kier alpha value is -0.700. The van der Waals surface area contributed by atoms with Crippen LogP contribution in [0.5, 0.6) is 0 Å². The van der Waals surface area contributed by atoms with Gasteiger partial charge >= 0.3 is 0 Å². The third kappa shape index (κ3) is 7.50. The van der Waals surface area contributed by atoms with Crippen LogP contribution >= 0.6 is 15.9 Å². The van der Waals surface area contributed by atoms with Crippen molar-refractivity contribution in [3.8, 4) is 0 Å². The average molecular weight is 428 g/mol. The Kier molecular flexibility index (Phi) is 11.6. The van der Waals surface area contributed by atoms with Gasteiger partial charge in [-0.3, -0.25) is 0 Å². The number of benzene rings is 1. The topological polar surface area (TPSA) is 38.0 Å². The average Bonchev–Trinajstić information content (AvgIpc) is 2.55. The molecule has 26 heavy (non-hydrogen) atoms. The second-order valence-corrected chi connectivity index (χ2v) is 9.32. The highest BCUT2D eigenvalue weighted by atomic mass is 79.9. The molecule has 1 aromatic carbocycles. The zero-order valence-corrected chi connectivity index (χ0v) is 20.3. The molecule has 1 aromatic rings. The van der Waals surface area contributed by atoms with Crippen LogP contribution in [0.15, 0.2) is 16.6 Å². The van der Waals surface area contributed by atoms with Crippen LogP contribution in [-0.4, -0.2) is 6.04 Å². The van der Waals surface area contributed by atoms with Gasteiger partial charge in [-0.2, -0.15) is 0 Å². The summed E-state index contributed by atoms with van der Waals surface area (Å²) in [5.41, 5.74) is 9.90. The van der Waals surface area contributed by atoms with Gasteiger partial charge in [0.25, 0.3) is 0 Å². The van der Waals surface area contributed by atoms with Crippen molar-refractivity contribution in [1.82, 2.24) is 0 Å². The van der Waals surface area contributed by atoms with E-state index in [4.69, 9.17) is 5.73 Å². The molecule has 152 valence electrons. The first-order valence-corrected chi connectivity index (χ1v) is 11.3. The van der Waals surface area contributed by atoms with Crippen molar-refractivity contribution in [2.75, 3.05) is 11.1 Å². The van der Waals surface area contributed by atoms with Crippen molar-refractivity contribution >= 4 is 27.3 Å². The van der Waals surface area contributed by atoms with Crippen LogP contribution in [0.2, 0.25) is 0 Å². The van der Waals surface area contributed by atoms with Crippen LogP contribution in [0, 0.1) is 17.3 Å². The number of nitrogen functional groups attached to an aromatic ring is 1. The zero-order valence-electron chi connectivity index (χ0n) is 18.7. The van der Waals surface area contributed by atoms with Gasteiger partial charge in [-0.15, -0.1) is 0 Å². The second kappa shape index (κ2) is 11.9. The van der Waals surface area contributed by atoms with Crippen molar-refractivity contribution in [2.24, 2.45) is 17.3 Å². The molecule has 0 fully saturated rings. The number of nitrogens with two attached hydrogens (primary N) is 1. The van der Waals surface area contributed by atoms with E-state index in [0.717, 1.165) is 28.2 Å². The van der Waals surface area contributed by atoms with E-state index in [2.05, 4.69) is 75.8 Å². The fourth-order valence-corrected chi connectivity index (χ4v) is 4.31. The van der Waals surface area contributed by atoms with Gasteiger partial charge in [-0.1, -0.05) is 84.7 Å². The number of fused-ring (bicyclic) bond motifs is 1. The lowest BCUT2D eigenvalue weighted by Crippen LogP contribution is -2.40. The number of halogens is 1. The van der Waals surface area contributed by atoms with Gasteiger partial charge in [0.15, 0.2) is 0 Å². The highest BCUT2D eigenvalue weighted by Gasteiger charge is 2.34. The summed E-state index contributed by atoms with van der Waals surface area (Å²) in [5, 5.41) is 3.73. The molecule has 0 saturated carbocycles. The van der Waals surface area contributed by atoms with E-state index in [9.17, 15) is 0 Å². The predicted octanol–water partition coefficient (Wildman–Crippen LogP) is 7.91. The molecule has 2 nitrogen and oxygen atoms in total. The SMILES string of the molecule is CC.CC(C)CC(C)(C)C(C)C1CCc2cc(Br)cc(N)c2N1.CCC. The van der Waals surface area contributed by atoms with Crippen LogP contribution in [0.4, 0.5) is 11.4 Å². The standard InChI is InChI=1S/C18H29BrN2.C3H8.C2H6/c1-11(2)10-18(4,5)12(3)16-7-6-13-8-14(19)9-15(20)17(13)21-16;1-3-2;1-2/h8-9,11-12,16,21H,6-7,10,20H2,1-5H3;3H2,1-2H3;1-2H3. The Labute approximate surface area is 171 Å². The van der Waals surface area contributed by atoms with Gasteiger partial charge in [-0.25, -0.2) is 0 Å². The largest absolute Gasteiger partial charge is 0.397 e. The maximum atomic E-state index is 6.20. The summed E-state index contributed by atoms with van der Waals surface area (Å²) in [5.74, 6) is 1.36. The van der Waals surface area contributed by atoms with Gasteiger partial charge in [-0.05, 0) is 54.2 Å². The number of hydrogen-bond acceptors (Lipinski definition) is 2. The number of rotatable bonds is 4. The Balaban J connectivity index is 0.00000113. The first-order valence-electron chi connectivity index (χ1n) is 10.5. The summed E-state index contributed by atoms with van der Waals surface area (Å²) in [7, 11) is 0. The summed E-state index contributed by atoms with van der Waals surface area (Å²) in [6.07, 6.45) is 4.80. The molecule has 0 amide bonds. The Bertz CT molecular complexity index is 523. The van der Waals surface area contributed by atoms with E-state index in [1.807, 2.05) is 19.9 Å². The van der Waals surface area contributed by atoms with Crippen LogP contribution in [0.25, 0.3) is 0 Å². The quantitative estimate of drug-likeness (QED) is 0.479. The van der Waals surface area contributed by atoms with Gasteiger partial charge in [0.1, 0.15) is 0 Å². The first kappa shape index (κ1) is 25.3. The van der Waals surface area contributed by atoms with E-state index >= 15 is 0 Å². The Morgan fingerprint density at radius 3 is 2.23 bits per heavy atom. The molecule has 2 rings (SSSR count). The number of hydrogen-bond donors (Lipinski definition) is 2. The van der Waals surface area contributed by atoms with Gasteiger partial charge < -0.3 is 11.1 Å². The minimum absolute atomic E-state index is 0.341. The molecule has 0 saturated heterocycles. The smallest absolute Gasteiger partial charge is 0.0609 e. The molecule has 3 N–H and O–H groups in total. The molecule has 0 aromatic heterocycles. The second-order valence-electron chi connectivity index (χ2n) is 8.40. The summed E-state index contributed by atoms with van der Waals surface area (Å²) in [6.45, 7) is 20.1. The third-order valence-corrected chi connectivity index (χ3v) is 5.50. The predicted molar refractivity (Wildman–Crippen MR) is 124 cm³/mol. The molecule has 0 aliphatic carbocycles. The van der Waals surface area contributed by atoms with Crippen molar-refractivity contribution in [3.63, 3.8) is 0 Å². The minimum atomic E-state index is 0.341. The molecule has 0 spiro atoms. The van der Waals surface area contributed by atoms with Crippen molar-refractivity contribution < 1.29 is 0 Å². The number of nitrogens with one attached hydrogen (secondary N) is 1. The lowest BCUT2D eigenvalue weighted by molar-refractivity contribution is 0.160. The van der Waals surface area contributed by atoms with Gasteiger partial charge in [0, 0.05) is 10.5 Å². The molecule has 2 atom stereocenters. The van der Waals surface area contributed by atoms with Gasteiger partial charge in [0.05, 0.1) is 11.4 Å². The summed E-state index contributed by atoms with van der Waals surface area (Å²) in [4.78, 5) is 0. The third-order valence-electron chi connectivity index (χ3n) is 5.04. The Morgan fingerprint density at radius 1 is 1.19 bits per heavy atom. The van der Waals surface area contributed by atoms with E-state index in [-0.39, 0.29) is 0 Å². The van der Waals surface area contributed by atoms with Crippen molar-refractivity contribution in [3.05, 3.63) is 22.2 Å². The fourth-order valence-electron chi connectivity index (χ4n) is 3.79. The molecule has 1 aliphatic rings. The van der Waals surface area contributed by atoms with E-state index in [1.54, 1.807) is 0 Å². The Morgan fingerprint density at radius 2 is 1.73 bits per heavy atom. The van der Waals surface area contributed by atoms with E-state index in [1.165, 1.54) is 24.8 Å². The van der Waals surface area contributed by atoms with E-state index in [0.29, 0.717) is 17.4 Å². The number of aryl methyl sites for hydroxylation is 1. The normalized spacial score (nSPS) is 17.1. The molecular weight excluding hydrogens is 384 g/mol. The zero-order chi connectivity index (χ0) is 20.5. The summed E-state index contributed by atoms with van der Waals surface area (Å²) < 4.78 is 1.08. The highest BCUT2D eigenvalue weighted by molar-refractivity contribution is 9.10. The highest BCUT2D eigenvalue weighted by Crippen LogP contribution is 2.41. The molecule has 2 unspecified atom stereocenters. The number of anilines is 2. The maximum Gasteiger partial charge on any atom is 0.0609 e. The van der Waals surface area contributed by atoms with Crippen LogP contribution in [0.3, 0.4) is 0 Å².